The molecule has 0 fully saturated rings. The number of rotatable bonds is 4. The Labute approximate surface area is 97.3 Å². The molecule has 1 heterocycles. The van der Waals surface area contributed by atoms with Gasteiger partial charge < -0.3 is 15.4 Å². The van der Waals surface area contributed by atoms with Crippen molar-refractivity contribution in [1.82, 2.24) is 0 Å². The van der Waals surface area contributed by atoms with Gasteiger partial charge in [-0.3, -0.25) is 4.79 Å². The first-order valence-corrected chi connectivity index (χ1v) is 5.67. The summed E-state index contributed by atoms with van der Waals surface area (Å²) in [5.74, 6) is 0.101. The molecule has 0 saturated carbocycles. The van der Waals surface area contributed by atoms with E-state index in [-0.39, 0.29) is 10.9 Å². The highest BCUT2D eigenvalue weighted by Crippen LogP contribution is 2.18. The van der Waals surface area contributed by atoms with Gasteiger partial charge >= 0.3 is 0 Å². The Morgan fingerprint density at radius 1 is 1.62 bits per heavy atom. The molecule has 16 heavy (non-hydrogen) atoms. The van der Waals surface area contributed by atoms with Crippen molar-refractivity contribution in [2.24, 2.45) is 0 Å². The zero-order valence-corrected chi connectivity index (χ0v) is 9.55. The van der Waals surface area contributed by atoms with Crippen molar-refractivity contribution >= 4 is 16.9 Å². The number of thioether (sulfide) groups is 1. The maximum absolute atomic E-state index is 10.9. The average Bonchev–Trinajstić information content (AvgIpc) is 2.24. The third-order valence-electron chi connectivity index (χ3n) is 1.96. The van der Waals surface area contributed by atoms with Crippen molar-refractivity contribution in [1.29, 1.82) is 0 Å². The van der Waals surface area contributed by atoms with Gasteiger partial charge in [-0.1, -0.05) is 11.8 Å². The zero-order chi connectivity index (χ0) is 12.1. The van der Waals surface area contributed by atoms with E-state index >= 15 is 0 Å². The fraction of sp³-hybridized carbons (Fsp3) is 0.400. The molecule has 0 aliphatic carbocycles. The lowest BCUT2D eigenvalue weighted by molar-refractivity contribution is -0.606. The van der Waals surface area contributed by atoms with Crippen LogP contribution in [0.2, 0.25) is 0 Å². The van der Waals surface area contributed by atoms with Gasteiger partial charge in [0.25, 0.3) is 0 Å². The van der Waals surface area contributed by atoms with Crippen LogP contribution in [0.15, 0.2) is 24.5 Å². The number of aliphatic hydroxyl groups excluding tert-OH is 2. The van der Waals surface area contributed by atoms with E-state index in [0.29, 0.717) is 10.3 Å². The zero-order valence-electron chi connectivity index (χ0n) is 8.74. The van der Waals surface area contributed by atoms with Gasteiger partial charge in [-0.2, -0.15) is 4.73 Å². The normalized spacial score (nSPS) is 14.4. The minimum absolute atomic E-state index is 0.101. The van der Waals surface area contributed by atoms with Crippen LogP contribution in [-0.2, 0) is 4.79 Å². The summed E-state index contributed by atoms with van der Waals surface area (Å²) in [5, 5.41) is 30.1. The van der Waals surface area contributed by atoms with Crippen LogP contribution < -0.4 is 4.73 Å². The summed E-state index contributed by atoms with van der Waals surface area (Å²) < 4.78 is 0.545. The minimum atomic E-state index is -1.16. The van der Waals surface area contributed by atoms with Crippen LogP contribution in [0.1, 0.15) is 18.6 Å². The fourth-order valence-electron chi connectivity index (χ4n) is 1.16. The number of hydrogen-bond acceptors (Lipinski definition) is 5. The van der Waals surface area contributed by atoms with Gasteiger partial charge in [0.15, 0.2) is 17.5 Å². The molecular formula is C10H13NO4S. The molecule has 0 aromatic carbocycles. The van der Waals surface area contributed by atoms with Gasteiger partial charge in [0.1, 0.15) is 6.10 Å². The molecule has 6 heteroatoms. The largest absolute Gasteiger partial charge is 0.619 e. The van der Waals surface area contributed by atoms with E-state index in [0.717, 1.165) is 11.8 Å². The van der Waals surface area contributed by atoms with Crippen molar-refractivity contribution in [3.8, 4) is 0 Å². The molecule has 1 rings (SSSR count). The molecule has 0 spiro atoms. The van der Waals surface area contributed by atoms with E-state index in [9.17, 15) is 20.2 Å². The standard InChI is InChI=1S/C10H13NO4S/c1-7(12)16-6-9(13)10(14)8-3-2-4-11(15)5-8/h2-5,9-10,13-14H,6H2,1H3. The highest BCUT2D eigenvalue weighted by atomic mass is 32.2. The van der Waals surface area contributed by atoms with Crippen molar-refractivity contribution in [3.05, 3.63) is 35.3 Å². The summed E-state index contributed by atoms with van der Waals surface area (Å²) in [6, 6.07) is 3.02. The second-order valence-electron chi connectivity index (χ2n) is 3.31. The minimum Gasteiger partial charge on any atom is -0.619 e. The average molecular weight is 243 g/mol. The van der Waals surface area contributed by atoms with E-state index in [4.69, 9.17) is 0 Å². The molecule has 5 nitrogen and oxygen atoms in total. The summed E-state index contributed by atoms with van der Waals surface area (Å²) in [6.45, 7) is 1.39. The molecule has 0 aliphatic heterocycles. The Bertz CT molecular complexity index is 372. The lowest BCUT2D eigenvalue weighted by Crippen LogP contribution is -2.28. The maximum Gasteiger partial charge on any atom is 0.186 e. The molecule has 0 radical (unpaired) electrons. The van der Waals surface area contributed by atoms with Gasteiger partial charge in [0.05, 0.1) is 6.10 Å². The van der Waals surface area contributed by atoms with Gasteiger partial charge in [-0.25, -0.2) is 0 Å². The highest BCUT2D eigenvalue weighted by molar-refractivity contribution is 8.13. The quantitative estimate of drug-likeness (QED) is 0.574. The molecule has 2 atom stereocenters. The third kappa shape index (κ3) is 3.80. The first-order chi connectivity index (χ1) is 7.50. The Kier molecular flexibility index (Phi) is 4.72. The van der Waals surface area contributed by atoms with Crippen molar-refractivity contribution in [2.75, 3.05) is 5.75 Å². The molecule has 0 aliphatic rings. The Morgan fingerprint density at radius 2 is 2.31 bits per heavy atom. The third-order valence-corrected chi connectivity index (χ3v) is 2.88. The molecule has 0 amide bonds. The van der Waals surface area contributed by atoms with E-state index in [1.807, 2.05) is 0 Å². The second kappa shape index (κ2) is 5.83. The lowest BCUT2D eigenvalue weighted by atomic mass is 10.1. The Morgan fingerprint density at radius 3 is 2.88 bits per heavy atom. The smallest absolute Gasteiger partial charge is 0.186 e. The van der Waals surface area contributed by atoms with Crippen LogP contribution in [0.3, 0.4) is 0 Å². The van der Waals surface area contributed by atoms with E-state index < -0.39 is 12.2 Å². The molecule has 1 aromatic heterocycles. The predicted octanol–water partition coefficient (Wildman–Crippen LogP) is -0.00600. The van der Waals surface area contributed by atoms with E-state index in [1.54, 1.807) is 6.07 Å². The van der Waals surface area contributed by atoms with Crippen LogP contribution >= 0.6 is 11.8 Å². The summed E-state index contributed by atoms with van der Waals surface area (Å²) in [4.78, 5) is 10.7. The SMILES string of the molecule is CC(=O)SCC(O)C(O)c1ccc[n+]([O-])c1. The predicted molar refractivity (Wildman–Crippen MR) is 59.5 cm³/mol. The first kappa shape index (κ1) is 13.0. The number of carbonyl (C=O) groups is 1. The number of carbonyl (C=O) groups excluding carboxylic acids is 1. The molecule has 88 valence electrons. The summed E-state index contributed by atoms with van der Waals surface area (Å²) in [6.07, 6.45) is 0.240. The highest BCUT2D eigenvalue weighted by Gasteiger charge is 2.20. The van der Waals surface area contributed by atoms with Crippen LogP contribution in [0.25, 0.3) is 0 Å². The topological polar surface area (TPSA) is 84.5 Å². The van der Waals surface area contributed by atoms with Crippen LogP contribution in [0, 0.1) is 5.21 Å². The second-order valence-corrected chi connectivity index (χ2v) is 4.51. The summed E-state index contributed by atoms with van der Waals surface area (Å²) in [5.41, 5.74) is 0.328. The molecule has 2 unspecified atom stereocenters. The number of hydrogen-bond donors (Lipinski definition) is 2. The van der Waals surface area contributed by atoms with Crippen molar-refractivity contribution in [2.45, 2.75) is 19.1 Å². The Hall–Kier alpha value is -1.11. The monoisotopic (exact) mass is 243 g/mol. The number of aromatic nitrogens is 1. The van der Waals surface area contributed by atoms with E-state index in [2.05, 4.69) is 0 Å². The fourth-order valence-corrected chi connectivity index (χ4v) is 1.75. The van der Waals surface area contributed by atoms with Crippen molar-refractivity contribution in [3.63, 3.8) is 0 Å². The van der Waals surface area contributed by atoms with Crippen LogP contribution in [0.5, 0.6) is 0 Å². The van der Waals surface area contributed by atoms with Gasteiger partial charge in [-0.15, -0.1) is 0 Å². The van der Waals surface area contributed by atoms with Crippen LogP contribution in [-0.4, -0.2) is 27.2 Å². The van der Waals surface area contributed by atoms with E-state index in [1.165, 1.54) is 25.4 Å². The Balaban J connectivity index is 2.62. The lowest BCUT2D eigenvalue weighted by Gasteiger charge is -2.16. The van der Waals surface area contributed by atoms with Crippen LogP contribution in [0.4, 0.5) is 0 Å². The van der Waals surface area contributed by atoms with Gasteiger partial charge in [0, 0.05) is 24.3 Å². The molecule has 1 aromatic rings. The van der Waals surface area contributed by atoms with Gasteiger partial charge in [0.2, 0.25) is 0 Å². The summed E-state index contributed by atoms with van der Waals surface area (Å²) >= 11 is 0.933. The van der Waals surface area contributed by atoms with Gasteiger partial charge in [-0.05, 0) is 6.07 Å². The molecule has 0 bridgehead atoms. The first-order valence-electron chi connectivity index (χ1n) is 4.69. The summed E-state index contributed by atoms with van der Waals surface area (Å²) in [7, 11) is 0. The maximum atomic E-state index is 10.9. The number of pyridine rings is 1. The molecule has 0 saturated heterocycles. The number of aliphatic hydroxyl groups is 2. The molecular weight excluding hydrogens is 230 g/mol. The molecule has 2 N–H and O–H groups in total. The van der Waals surface area contributed by atoms with Crippen molar-refractivity contribution < 1.29 is 19.7 Å². The number of nitrogens with zero attached hydrogens (tertiary/aromatic N) is 1.